The van der Waals surface area contributed by atoms with Crippen LogP contribution in [0.2, 0.25) is 0 Å². The summed E-state index contributed by atoms with van der Waals surface area (Å²) in [6.45, 7) is 0. The van der Waals surface area contributed by atoms with E-state index >= 15 is 0 Å². The van der Waals surface area contributed by atoms with Gasteiger partial charge in [0.25, 0.3) is 0 Å². The molecular weight excluding hydrogens is 463 g/mol. The average molecular weight is 475 g/mol. The van der Waals surface area contributed by atoms with Crippen LogP contribution in [0.15, 0.2) is 11.6 Å². The molecule has 1 rings (SSSR count). The summed E-state index contributed by atoms with van der Waals surface area (Å²) in [7, 11) is -11.7. The van der Waals surface area contributed by atoms with Crippen LogP contribution < -0.4 is 5.11 Å². The Morgan fingerprint density at radius 1 is 1.14 bits per heavy atom. The second-order valence-electron chi connectivity index (χ2n) is 5.39. The first-order valence-electron chi connectivity index (χ1n) is 6.87. The monoisotopic (exact) mass is 475 g/mol. The van der Waals surface area contributed by atoms with Crippen molar-refractivity contribution in [3.05, 3.63) is 11.6 Å². The molecule has 0 aliphatic heterocycles. The number of hydrogen-bond donors (Lipinski definition) is 6. The van der Waals surface area contributed by atoms with E-state index in [-0.39, 0.29) is 0 Å². The summed E-state index contributed by atoms with van der Waals surface area (Å²) in [4.78, 5) is 56.9. The molecule has 0 fully saturated rings. The standard InChI is InChI=1S/C10H13F3O14P2/c11-10(12,13)9(8(17)18,27-29(22,23)24)25-4-1-3(7(15)16)2-5(6(4)14)26-28(19,20)21/h2,4-6,14H,1H2,(H,15,16)(H,17,18)(H2,19,20,21)(H2,22,23,24)/p-1/t4-,5-,6+,9+/m1/s1. The topological polar surface area (TPSA) is 240 Å². The highest BCUT2D eigenvalue weighted by Crippen LogP contribution is 2.50. The summed E-state index contributed by atoms with van der Waals surface area (Å²) in [5, 5.41) is 29.8. The Kier molecular flexibility index (Phi) is 7.42. The molecular formula is C10H12F3O14P2-. The SMILES string of the molecule is O=C([O-])C1=C[C@@H](OP(=O)(O)O)[C@@H](O)[C@H](O[C@](OP(=O)(O)O)(C(=O)O)C(F)(F)F)C1. The molecule has 1 aliphatic carbocycles. The Bertz CT molecular complexity index is 783. The van der Waals surface area contributed by atoms with E-state index in [9.17, 15) is 42.1 Å². The number of alkyl halides is 3. The molecule has 0 saturated heterocycles. The quantitative estimate of drug-likeness (QED) is 0.160. The summed E-state index contributed by atoms with van der Waals surface area (Å²) in [5.41, 5.74) is -1.03. The van der Waals surface area contributed by atoms with Crippen molar-refractivity contribution in [1.82, 2.24) is 0 Å². The fourth-order valence-electron chi connectivity index (χ4n) is 2.16. The summed E-state index contributed by atoms with van der Waals surface area (Å²) in [6, 6.07) is 0. The Balaban J connectivity index is 3.45. The lowest BCUT2D eigenvalue weighted by molar-refractivity contribution is -0.361. The van der Waals surface area contributed by atoms with Crippen LogP contribution in [0.4, 0.5) is 13.2 Å². The van der Waals surface area contributed by atoms with Gasteiger partial charge < -0.3 is 44.4 Å². The minimum atomic E-state index is -6.21. The van der Waals surface area contributed by atoms with Crippen LogP contribution >= 0.6 is 15.6 Å². The Hall–Kier alpha value is -1.39. The molecule has 0 amide bonds. The molecule has 0 bridgehead atoms. The van der Waals surface area contributed by atoms with Crippen LogP contribution in [0.5, 0.6) is 0 Å². The lowest BCUT2D eigenvalue weighted by Crippen LogP contribution is -2.60. The third-order valence-corrected chi connectivity index (χ3v) is 4.26. The van der Waals surface area contributed by atoms with Crippen molar-refractivity contribution in [3.8, 4) is 0 Å². The van der Waals surface area contributed by atoms with Crippen LogP contribution in [0, 0.1) is 0 Å². The first-order chi connectivity index (χ1) is 12.8. The number of carbonyl (C=O) groups excluding carboxylic acids is 1. The number of ether oxygens (including phenoxy) is 1. The van der Waals surface area contributed by atoms with Gasteiger partial charge in [-0.2, -0.15) is 13.2 Å². The molecule has 29 heavy (non-hydrogen) atoms. The summed E-state index contributed by atoms with van der Waals surface area (Å²) in [6.07, 6.45) is -14.6. The van der Waals surface area contributed by atoms with Gasteiger partial charge in [-0.05, 0) is 11.6 Å². The molecule has 0 aromatic carbocycles. The number of phosphoric acid groups is 2. The number of phosphoric ester groups is 2. The zero-order chi connectivity index (χ0) is 23.0. The lowest BCUT2D eigenvalue weighted by atomic mass is 9.92. The molecule has 0 radical (unpaired) electrons. The lowest BCUT2D eigenvalue weighted by Gasteiger charge is -2.39. The van der Waals surface area contributed by atoms with Gasteiger partial charge in [0.15, 0.2) is 0 Å². The van der Waals surface area contributed by atoms with Gasteiger partial charge in [0, 0.05) is 6.42 Å². The van der Waals surface area contributed by atoms with Gasteiger partial charge in [0.1, 0.15) is 12.2 Å². The normalized spacial score (nSPS) is 25.8. The predicted octanol–water partition coefficient (Wildman–Crippen LogP) is -2.26. The maximum Gasteiger partial charge on any atom is 0.472 e. The first kappa shape index (κ1) is 25.6. The molecule has 0 spiro atoms. The molecule has 168 valence electrons. The van der Waals surface area contributed by atoms with E-state index in [1.54, 1.807) is 0 Å². The minimum absolute atomic E-state index is 0.360. The van der Waals surface area contributed by atoms with Gasteiger partial charge >= 0.3 is 33.6 Å². The van der Waals surface area contributed by atoms with Crippen molar-refractivity contribution < 1.29 is 80.6 Å². The fourth-order valence-corrected chi connectivity index (χ4v) is 3.22. The number of aliphatic hydroxyl groups excluding tert-OH is 1. The number of hydrogen-bond acceptors (Lipinski definition) is 9. The second kappa shape index (κ2) is 8.39. The Morgan fingerprint density at radius 3 is 2.00 bits per heavy atom. The molecule has 0 saturated carbocycles. The summed E-state index contributed by atoms with van der Waals surface area (Å²) in [5.74, 6) is -10.4. The summed E-state index contributed by atoms with van der Waals surface area (Å²) < 4.78 is 73.0. The van der Waals surface area contributed by atoms with Crippen LogP contribution in [0.25, 0.3) is 0 Å². The minimum Gasteiger partial charge on any atom is -0.545 e. The molecule has 0 unspecified atom stereocenters. The molecule has 6 N–H and O–H groups in total. The third-order valence-electron chi connectivity index (χ3n) is 3.24. The number of carboxylic acid groups (broad SMARTS) is 2. The highest BCUT2D eigenvalue weighted by atomic mass is 31.2. The van der Waals surface area contributed by atoms with E-state index in [4.69, 9.17) is 24.7 Å². The Labute approximate surface area is 157 Å². The first-order valence-corrected chi connectivity index (χ1v) is 9.93. The molecule has 19 heteroatoms. The predicted molar refractivity (Wildman–Crippen MR) is 75.1 cm³/mol. The number of carboxylic acids is 2. The summed E-state index contributed by atoms with van der Waals surface area (Å²) >= 11 is 0. The van der Waals surface area contributed by atoms with Crippen molar-refractivity contribution in [2.45, 2.75) is 36.7 Å². The highest BCUT2D eigenvalue weighted by molar-refractivity contribution is 7.46. The largest absolute Gasteiger partial charge is 0.545 e. The number of rotatable bonds is 8. The zero-order valence-electron chi connectivity index (χ0n) is 13.5. The van der Waals surface area contributed by atoms with E-state index < -0.39 is 69.9 Å². The van der Waals surface area contributed by atoms with Gasteiger partial charge in [0.2, 0.25) is 0 Å². The van der Waals surface area contributed by atoms with Crippen molar-refractivity contribution in [3.63, 3.8) is 0 Å². The van der Waals surface area contributed by atoms with Gasteiger partial charge in [-0.25, -0.2) is 18.4 Å². The molecule has 0 heterocycles. The number of aliphatic carboxylic acids is 2. The molecule has 1 aliphatic rings. The van der Waals surface area contributed by atoms with Crippen LogP contribution in [-0.4, -0.2) is 72.0 Å². The number of carbonyl (C=O) groups is 2. The van der Waals surface area contributed by atoms with E-state index in [2.05, 4.69) is 13.8 Å². The van der Waals surface area contributed by atoms with E-state index in [1.807, 2.05) is 0 Å². The van der Waals surface area contributed by atoms with Crippen LogP contribution in [0.3, 0.4) is 0 Å². The zero-order valence-corrected chi connectivity index (χ0v) is 15.3. The molecule has 14 nitrogen and oxygen atoms in total. The number of aliphatic hydroxyl groups is 1. The van der Waals surface area contributed by atoms with Gasteiger partial charge in [-0.1, -0.05) is 0 Å². The van der Waals surface area contributed by atoms with Crippen molar-refractivity contribution in [2.75, 3.05) is 0 Å². The van der Waals surface area contributed by atoms with Gasteiger partial charge in [0.05, 0.1) is 12.1 Å². The highest BCUT2D eigenvalue weighted by Gasteiger charge is 2.69. The van der Waals surface area contributed by atoms with Gasteiger partial charge in [-0.3, -0.25) is 4.52 Å². The van der Waals surface area contributed by atoms with E-state index in [0.717, 1.165) is 0 Å². The van der Waals surface area contributed by atoms with Crippen LogP contribution in [0.1, 0.15) is 6.42 Å². The maximum absolute atomic E-state index is 13.3. The number of halogens is 3. The molecule has 0 aromatic rings. The van der Waals surface area contributed by atoms with Gasteiger partial charge in [-0.15, -0.1) is 0 Å². The molecule has 0 aromatic heterocycles. The van der Waals surface area contributed by atoms with Crippen LogP contribution in [-0.2, 0) is 32.5 Å². The van der Waals surface area contributed by atoms with Crippen molar-refractivity contribution in [1.29, 1.82) is 0 Å². The average Bonchev–Trinajstić information content (AvgIpc) is 2.45. The second-order valence-corrected chi connectivity index (χ2v) is 7.75. The van der Waals surface area contributed by atoms with E-state index in [0.29, 0.717) is 6.08 Å². The Morgan fingerprint density at radius 2 is 1.66 bits per heavy atom. The van der Waals surface area contributed by atoms with Crippen molar-refractivity contribution in [2.24, 2.45) is 0 Å². The smallest absolute Gasteiger partial charge is 0.472 e. The van der Waals surface area contributed by atoms with E-state index in [1.165, 1.54) is 0 Å². The third kappa shape index (κ3) is 6.55. The molecule has 4 atom stereocenters. The maximum atomic E-state index is 13.3. The fraction of sp³-hybridized carbons (Fsp3) is 0.600. The van der Waals surface area contributed by atoms with Crippen molar-refractivity contribution >= 4 is 27.6 Å².